The highest BCUT2D eigenvalue weighted by Crippen LogP contribution is 2.33. The van der Waals surface area contributed by atoms with Gasteiger partial charge < -0.3 is 9.47 Å². The van der Waals surface area contributed by atoms with E-state index in [0.717, 1.165) is 35.8 Å². The zero-order chi connectivity index (χ0) is 14.5. The van der Waals surface area contributed by atoms with Gasteiger partial charge in [-0.15, -0.1) is 0 Å². The number of aldehydes is 1. The van der Waals surface area contributed by atoms with Gasteiger partial charge in [-0.25, -0.2) is 0 Å². The molecule has 1 heterocycles. The molecule has 20 heavy (non-hydrogen) atoms. The average molecular weight is 272 g/mol. The average Bonchev–Trinajstić information content (AvgIpc) is 2.48. The zero-order valence-corrected chi connectivity index (χ0v) is 12.0. The molecule has 1 aliphatic rings. The summed E-state index contributed by atoms with van der Waals surface area (Å²) in [5.41, 5.74) is 3.07. The van der Waals surface area contributed by atoms with Crippen molar-refractivity contribution in [3.63, 3.8) is 0 Å². The summed E-state index contributed by atoms with van der Waals surface area (Å²) in [5, 5.41) is 0. The molecule has 0 saturated carbocycles. The Kier molecular flexibility index (Phi) is 4.61. The second kappa shape index (κ2) is 6.42. The Labute approximate surface area is 119 Å². The fourth-order valence-electron chi connectivity index (χ4n) is 2.29. The molecule has 0 amide bonds. The summed E-state index contributed by atoms with van der Waals surface area (Å²) in [4.78, 5) is 11.0. The lowest BCUT2D eigenvalue weighted by Gasteiger charge is -2.25. The summed E-state index contributed by atoms with van der Waals surface area (Å²) in [7, 11) is 0. The molecule has 0 N–H and O–H groups in total. The molecule has 2 rings (SSSR count). The maximum Gasteiger partial charge on any atom is 0.184 e. The molecule has 1 aromatic rings. The number of ether oxygens (including phenoxy) is 2. The number of hydrogen-bond donors (Lipinski definition) is 0. The lowest BCUT2D eigenvalue weighted by atomic mass is 9.97. The highest BCUT2D eigenvalue weighted by atomic mass is 16.5. The molecule has 106 valence electrons. The van der Waals surface area contributed by atoms with E-state index in [4.69, 9.17) is 9.47 Å². The van der Waals surface area contributed by atoms with Crippen LogP contribution in [0.25, 0.3) is 5.76 Å². The number of carbonyl (C=O) groups excluding carboxylic acids is 1. The Morgan fingerprint density at radius 3 is 2.75 bits per heavy atom. The third kappa shape index (κ3) is 3.10. The van der Waals surface area contributed by atoms with Gasteiger partial charge in [0.1, 0.15) is 11.9 Å². The first-order chi connectivity index (χ1) is 9.65. The van der Waals surface area contributed by atoms with Gasteiger partial charge in [0, 0.05) is 5.56 Å². The van der Waals surface area contributed by atoms with Crippen molar-refractivity contribution in [2.75, 3.05) is 6.61 Å². The molecule has 3 heteroatoms. The van der Waals surface area contributed by atoms with Gasteiger partial charge in [0.25, 0.3) is 0 Å². The summed E-state index contributed by atoms with van der Waals surface area (Å²) >= 11 is 0. The van der Waals surface area contributed by atoms with Crippen LogP contribution in [0.15, 0.2) is 42.2 Å². The topological polar surface area (TPSA) is 35.5 Å². The maximum absolute atomic E-state index is 11.0. The Morgan fingerprint density at radius 2 is 2.15 bits per heavy atom. The molecular formula is C17H20O3. The Hall–Kier alpha value is -2.03. The van der Waals surface area contributed by atoms with E-state index in [-0.39, 0.29) is 6.10 Å². The van der Waals surface area contributed by atoms with Crippen LogP contribution in [0.5, 0.6) is 0 Å². The maximum atomic E-state index is 11.0. The minimum Gasteiger partial charge on any atom is -0.494 e. The standard InChI is InChI=1S/C17H20O3/c1-4-19-13(3)14-6-8-15(9-7-14)16-10-5-12(2)17(11-18)20-16/h6-9,11,16H,3-5,10H2,1-2H3. The van der Waals surface area contributed by atoms with Crippen molar-refractivity contribution in [3.8, 4) is 0 Å². The van der Waals surface area contributed by atoms with E-state index in [0.29, 0.717) is 18.1 Å². The molecule has 0 bridgehead atoms. The lowest BCUT2D eigenvalue weighted by molar-refractivity contribution is -0.109. The van der Waals surface area contributed by atoms with Crippen molar-refractivity contribution in [2.24, 2.45) is 0 Å². The molecule has 1 atom stereocenters. The fourth-order valence-corrected chi connectivity index (χ4v) is 2.29. The van der Waals surface area contributed by atoms with Crippen LogP contribution in [0.4, 0.5) is 0 Å². The highest BCUT2D eigenvalue weighted by Gasteiger charge is 2.21. The summed E-state index contributed by atoms with van der Waals surface area (Å²) in [6.45, 7) is 8.37. The van der Waals surface area contributed by atoms with E-state index in [2.05, 4.69) is 6.58 Å². The zero-order valence-electron chi connectivity index (χ0n) is 12.0. The largest absolute Gasteiger partial charge is 0.494 e. The third-order valence-corrected chi connectivity index (χ3v) is 3.50. The number of rotatable bonds is 5. The van der Waals surface area contributed by atoms with Crippen molar-refractivity contribution in [1.82, 2.24) is 0 Å². The van der Waals surface area contributed by atoms with E-state index >= 15 is 0 Å². The smallest absolute Gasteiger partial charge is 0.184 e. The van der Waals surface area contributed by atoms with E-state index in [9.17, 15) is 4.79 Å². The van der Waals surface area contributed by atoms with Crippen LogP contribution < -0.4 is 0 Å². The van der Waals surface area contributed by atoms with Crippen molar-refractivity contribution in [1.29, 1.82) is 0 Å². The van der Waals surface area contributed by atoms with Gasteiger partial charge in [-0.3, -0.25) is 4.79 Å². The minimum atomic E-state index is -0.0479. The number of allylic oxidation sites excluding steroid dienone is 2. The number of benzene rings is 1. The van der Waals surface area contributed by atoms with Gasteiger partial charge >= 0.3 is 0 Å². The van der Waals surface area contributed by atoms with E-state index < -0.39 is 0 Å². The van der Waals surface area contributed by atoms with Crippen LogP contribution in [0.2, 0.25) is 0 Å². The molecule has 0 spiro atoms. The molecule has 0 aliphatic carbocycles. The molecule has 1 unspecified atom stereocenters. The van der Waals surface area contributed by atoms with Gasteiger partial charge in [-0.05, 0) is 37.8 Å². The quantitative estimate of drug-likeness (QED) is 0.600. The summed E-state index contributed by atoms with van der Waals surface area (Å²) in [5.74, 6) is 1.15. The van der Waals surface area contributed by atoms with Crippen molar-refractivity contribution in [2.45, 2.75) is 32.8 Å². The van der Waals surface area contributed by atoms with Crippen molar-refractivity contribution >= 4 is 12.0 Å². The Balaban J connectivity index is 2.11. The van der Waals surface area contributed by atoms with Crippen LogP contribution in [0.1, 0.15) is 43.9 Å². The first-order valence-corrected chi connectivity index (χ1v) is 6.89. The van der Waals surface area contributed by atoms with Gasteiger partial charge in [0.15, 0.2) is 12.0 Å². The van der Waals surface area contributed by atoms with E-state index in [1.54, 1.807) is 0 Å². The van der Waals surface area contributed by atoms with Crippen LogP contribution in [-0.4, -0.2) is 12.9 Å². The lowest BCUT2D eigenvalue weighted by Crippen LogP contribution is -2.12. The Morgan fingerprint density at radius 1 is 1.45 bits per heavy atom. The van der Waals surface area contributed by atoms with E-state index in [1.807, 2.05) is 38.1 Å². The first-order valence-electron chi connectivity index (χ1n) is 6.89. The van der Waals surface area contributed by atoms with Gasteiger partial charge in [-0.2, -0.15) is 0 Å². The van der Waals surface area contributed by atoms with Crippen LogP contribution in [-0.2, 0) is 14.3 Å². The van der Waals surface area contributed by atoms with Gasteiger partial charge in [-0.1, -0.05) is 30.8 Å². The molecule has 0 aromatic heterocycles. The van der Waals surface area contributed by atoms with Gasteiger partial charge in [0.05, 0.1) is 6.61 Å². The summed E-state index contributed by atoms with van der Waals surface area (Å²) in [6, 6.07) is 7.96. The SMILES string of the molecule is C=C(OCC)c1ccc(C2CCC(C)=C(C=O)O2)cc1. The predicted octanol–water partition coefficient (Wildman–Crippen LogP) is 4.02. The monoisotopic (exact) mass is 272 g/mol. The second-order valence-corrected chi connectivity index (χ2v) is 4.89. The number of hydrogen-bond acceptors (Lipinski definition) is 3. The molecule has 0 radical (unpaired) electrons. The summed E-state index contributed by atoms with van der Waals surface area (Å²) in [6.07, 6.45) is 2.54. The van der Waals surface area contributed by atoms with Crippen LogP contribution in [0.3, 0.4) is 0 Å². The van der Waals surface area contributed by atoms with Crippen LogP contribution in [0, 0.1) is 0 Å². The molecule has 0 saturated heterocycles. The molecule has 1 aromatic carbocycles. The normalized spacial score (nSPS) is 18.4. The third-order valence-electron chi connectivity index (χ3n) is 3.50. The first kappa shape index (κ1) is 14.4. The minimum absolute atomic E-state index is 0.0479. The van der Waals surface area contributed by atoms with E-state index in [1.165, 1.54) is 0 Å². The fraction of sp³-hybridized carbons (Fsp3) is 0.353. The number of carbonyl (C=O) groups is 1. The predicted molar refractivity (Wildman–Crippen MR) is 78.9 cm³/mol. The van der Waals surface area contributed by atoms with Crippen molar-refractivity contribution < 1.29 is 14.3 Å². The second-order valence-electron chi connectivity index (χ2n) is 4.89. The molecule has 0 fully saturated rings. The van der Waals surface area contributed by atoms with Crippen LogP contribution >= 0.6 is 0 Å². The molecule has 3 nitrogen and oxygen atoms in total. The highest BCUT2D eigenvalue weighted by molar-refractivity contribution is 5.71. The Bertz CT molecular complexity index is 526. The van der Waals surface area contributed by atoms with Gasteiger partial charge in [0.2, 0.25) is 0 Å². The van der Waals surface area contributed by atoms with Crippen molar-refractivity contribution in [3.05, 3.63) is 53.3 Å². The summed E-state index contributed by atoms with van der Waals surface area (Å²) < 4.78 is 11.1. The molecule has 1 aliphatic heterocycles. The molecular weight excluding hydrogens is 252 g/mol.